The summed E-state index contributed by atoms with van der Waals surface area (Å²) in [7, 11) is 0. The molecule has 0 radical (unpaired) electrons. The molecule has 188 valence electrons. The third kappa shape index (κ3) is 5.59. The lowest BCUT2D eigenvalue weighted by molar-refractivity contribution is 0.0605. The first-order valence-electron chi connectivity index (χ1n) is 12.3. The highest BCUT2D eigenvalue weighted by atomic mass is 35.5. The Bertz CT molecular complexity index is 1330. The molecule has 7 heteroatoms. The average molecular weight is 524 g/mol. The molecule has 0 aliphatic carbocycles. The molecule has 4 rings (SSSR count). The van der Waals surface area contributed by atoms with Crippen molar-refractivity contribution >= 4 is 40.1 Å². The molecule has 0 bridgehead atoms. The predicted octanol–water partition coefficient (Wildman–Crippen LogP) is 6.89. The number of nitrogens with zero attached hydrogens (tertiary/aromatic N) is 3. The predicted molar refractivity (Wildman–Crippen MR) is 149 cm³/mol. The quantitative estimate of drug-likeness (QED) is 0.260. The number of fused-ring (bicyclic) bond motifs is 1. The van der Waals surface area contributed by atoms with Crippen molar-refractivity contribution in [2.24, 2.45) is 11.7 Å². The maximum absolute atomic E-state index is 13.9. The fourth-order valence-electron chi connectivity index (χ4n) is 4.58. The number of hydrogen-bond donors (Lipinski definition) is 1. The second-order valence-electron chi connectivity index (χ2n) is 9.49. The lowest BCUT2D eigenvalue weighted by Gasteiger charge is -2.34. The molecule has 5 nitrogen and oxygen atoms in total. The maximum Gasteiger partial charge on any atom is 0.254 e. The third-order valence-electron chi connectivity index (χ3n) is 6.40. The molecule has 1 atom stereocenters. The van der Waals surface area contributed by atoms with Crippen molar-refractivity contribution in [3.8, 4) is 0 Å². The van der Waals surface area contributed by atoms with Crippen LogP contribution in [0.2, 0.25) is 10.0 Å². The number of carbonyl (C=O) groups is 1. The van der Waals surface area contributed by atoms with Crippen LogP contribution < -0.4 is 5.73 Å². The van der Waals surface area contributed by atoms with Crippen molar-refractivity contribution in [2.45, 2.75) is 39.8 Å². The molecule has 0 aliphatic rings. The number of benzene rings is 3. The first kappa shape index (κ1) is 26.2. The minimum absolute atomic E-state index is 0.0310. The molecule has 0 saturated heterocycles. The van der Waals surface area contributed by atoms with Gasteiger partial charge in [0.2, 0.25) is 0 Å². The van der Waals surface area contributed by atoms with Crippen LogP contribution in [0.5, 0.6) is 0 Å². The van der Waals surface area contributed by atoms with Crippen molar-refractivity contribution in [3.63, 3.8) is 0 Å². The molecular weight excluding hydrogens is 491 g/mol. The standard InChI is InChI=1S/C29H32Cl2N4O/c1-19(2)27(34(15-7-14-32)29(36)22-12-10-20(3)11-13-22)28-33-25-16-23(30)24(31)17-26(25)35(28)18-21-8-5-4-6-9-21/h4-6,8-13,16-17,19,27H,7,14-15,18,32H2,1-3H3. The number of amides is 1. The number of aryl methyl sites for hydroxylation is 1. The zero-order chi connectivity index (χ0) is 25.8. The van der Waals surface area contributed by atoms with E-state index in [1.54, 1.807) is 6.07 Å². The molecule has 4 aromatic rings. The summed E-state index contributed by atoms with van der Waals surface area (Å²) in [6.07, 6.45) is 0.692. The number of hydrogen-bond acceptors (Lipinski definition) is 3. The van der Waals surface area contributed by atoms with E-state index >= 15 is 0 Å². The van der Waals surface area contributed by atoms with Crippen molar-refractivity contribution in [1.29, 1.82) is 0 Å². The lowest BCUT2D eigenvalue weighted by Crippen LogP contribution is -2.40. The fraction of sp³-hybridized carbons (Fsp3) is 0.310. The minimum atomic E-state index is -0.279. The molecule has 3 aromatic carbocycles. The summed E-state index contributed by atoms with van der Waals surface area (Å²) in [6, 6.07) is 21.3. The van der Waals surface area contributed by atoms with Crippen LogP contribution in [-0.4, -0.2) is 33.4 Å². The van der Waals surface area contributed by atoms with Gasteiger partial charge in [-0.05, 0) is 55.6 Å². The molecule has 1 heterocycles. The van der Waals surface area contributed by atoms with Gasteiger partial charge in [0, 0.05) is 18.7 Å². The molecule has 1 aromatic heterocycles. The van der Waals surface area contributed by atoms with E-state index in [1.165, 1.54) is 0 Å². The van der Waals surface area contributed by atoms with Gasteiger partial charge in [-0.15, -0.1) is 0 Å². The van der Waals surface area contributed by atoms with E-state index in [9.17, 15) is 4.79 Å². The van der Waals surface area contributed by atoms with Crippen LogP contribution in [0.4, 0.5) is 0 Å². The molecule has 0 fully saturated rings. The van der Waals surface area contributed by atoms with Crippen LogP contribution in [0, 0.1) is 12.8 Å². The van der Waals surface area contributed by atoms with E-state index in [4.69, 9.17) is 33.9 Å². The second kappa shape index (κ2) is 11.5. The molecule has 0 spiro atoms. The van der Waals surface area contributed by atoms with Gasteiger partial charge < -0.3 is 15.2 Å². The zero-order valence-corrected chi connectivity index (χ0v) is 22.4. The number of rotatable bonds is 9. The number of nitrogens with two attached hydrogens (primary N) is 1. The number of imidazole rings is 1. The van der Waals surface area contributed by atoms with Crippen LogP contribution in [0.3, 0.4) is 0 Å². The van der Waals surface area contributed by atoms with Crippen LogP contribution in [-0.2, 0) is 6.54 Å². The van der Waals surface area contributed by atoms with Gasteiger partial charge in [0.15, 0.2) is 0 Å². The van der Waals surface area contributed by atoms with Crippen molar-refractivity contribution in [1.82, 2.24) is 14.5 Å². The number of aromatic nitrogens is 2. The summed E-state index contributed by atoms with van der Waals surface area (Å²) in [6.45, 7) is 7.87. The Morgan fingerprint density at radius 1 is 1.03 bits per heavy atom. The normalized spacial score (nSPS) is 12.3. The number of carbonyl (C=O) groups excluding carboxylic acids is 1. The minimum Gasteiger partial charge on any atom is -0.330 e. The van der Waals surface area contributed by atoms with E-state index in [0.717, 1.165) is 28.0 Å². The van der Waals surface area contributed by atoms with Crippen molar-refractivity contribution < 1.29 is 4.79 Å². The molecular formula is C29H32Cl2N4O. The van der Waals surface area contributed by atoms with E-state index in [0.29, 0.717) is 41.7 Å². The Balaban J connectivity index is 1.88. The highest BCUT2D eigenvalue weighted by Crippen LogP contribution is 2.35. The topological polar surface area (TPSA) is 64.2 Å². The summed E-state index contributed by atoms with van der Waals surface area (Å²) < 4.78 is 2.16. The fourth-order valence-corrected chi connectivity index (χ4v) is 4.90. The first-order chi connectivity index (χ1) is 17.3. The van der Waals surface area contributed by atoms with Crippen LogP contribution >= 0.6 is 23.2 Å². The summed E-state index contributed by atoms with van der Waals surface area (Å²) in [5, 5.41) is 0.929. The summed E-state index contributed by atoms with van der Waals surface area (Å²) in [5.74, 6) is 0.866. The van der Waals surface area contributed by atoms with Gasteiger partial charge >= 0.3 is 0 Å². The monoisotopic (exact) mass is 522 g/mol. The first-order valence-corrected chi connectivity index (χ1v) is 13.0. The van der Waals surface area contributed by atoms with Crippen LogP contribution in [0.1, 0.15) is 53.6 Å². The highest BCUT2D eigenvalue weighted by molar-refractivity contribution is 6.42. The van der Waals surface area contributed by atoms with E-state index in [1.807, 2.05) is 60.4 Å². The zero-order valence-electron chi connectivity index (χ0n) is 20.9. The molecule has 2 N–H and O–H groups in total. The SMILES string of the molecule is Cc1ccc(C(=O)N(CCCN)C(c2nc3cc(Cl)c(Cl)cc3n2Cc2ccccc2)C(C)C)cc1. The van der Waals surface area contributed by atoms with Crippen LogP contribution in [0.15, 0.2) is 66.7 Å². The van der Waals surface area contributed by atoms with E-state index in [2.05, 4.69) is 30.5 Å². The Kier molecular flexibility index (Phi) is 8.35. The largest absolute Gasteiger partial charge is 0.330 e. The van der Waals surface area contributed by atoms with Gasteiger partial charge in [-0.1, -0.05) is 85.1 Å². The van der Waals surface area contributed by atoms with Gasteiger partial charge in [0.25, 0.3) is 5.91 Å². The maximum atomic E-state index is 13.9. The smallest absolute Gasteiger partial charge is 0.254 e. The van der Waals surface area contributed by atoms with E-state index in [-0.39, 0.29) is 17.9 Å². The van der Waals surface area contributed by atoms with Crippen molar-refractivity contribution in [3.05, 3.63) is 99.3 Å². The summed E-state index contributed by atoms with van der Waals surface area (Å²) in [5.41, 5.74) is 10.4. The summed E-state index contributed by atoms with van der Waals surface area (Å²) >= 11 is 12.8. The van der Waals surface area contributed by atoms with Gasteiger partial charge in [0.05, 0.1) is 27.1 Å². The highest BCUT2D eigenvalue weighted by Gasteiger charge is 2.33. The average Bonchev–Trinajstić information content (AvgIpc) is 3.18. The molecule has 36 heavy (non-hydrogen) atoms. The number of halogens is 2. The van der Waals surface area contributed by atoms with Crippen LogP contribution in [0.25, 0.3) is 11.0 Å². The Morgan fingerprint density at radius 2 is 1.69 bits per heavy atom. The lowest BCUT2D eigenvalue weighted by atomic mass is 9.99. The van der Waals surface area contributed by atoms with Gasteiger partial charge in [-0.3, -0.25) is 4.79 Å². The third-order valence-corrected chi connectivity index (χ3v) is 7.12. The van der Waals surface area contributed by atoms with Crippen molar-refractivity contribution in [2.75, 3.05) is 13.1 Å². The van der Waals surface area contributed by atoms with E-state index < -0.39 is 0 Å². The van der Waals surface area contributed by atoms with Gasteiger partial charge in [-0.2, -0.15) is 0 Å². The Hall–Kier alpha value is -2.86. The van der Waals surface area contributed by atoms with Gasteiger partial charge in [0.1, 0.15) is 5.82 Å². The Morgan fingerprint density at radius 3 is 2.33 bits per heavy atom. The molecule has 1 unspecified atom stereocenters. The summed E-state index contributed by atoms with van der Waals surface area (Å²) in [4.78, 5) is 20.9. The van der Waals surface area contributed by atoms with Gasteiger partial charge in [-0.25, -0.2) is 4.98 Å². The molecule has 0 saturated carbocycles. The Labute approximate surface area is 222 Å². The second-order valence-corrected chi connectivity index (χ2v) is 10.3. The molecule has 0 aliphatic heterocycles. The molecule has 1 amide bonds.